The summed E-state index contributed by atoms with van der Waals surface area (Å²) in [6, 6.07) is 11.6. The fraction of sp³-hybridized carbons (Fsp3) is 0.387. The number of nitrogens with zero attached hydrogens (tertiary/aromatic N) is 4. The molecular formula is C31H37N5O4S2. The molecule has 2 amide bonds. The number of hydrogen-bond acceptors (Lipinski definition) is 9. The van der Waals surface area contributed by atoms with Crippen LogP contribution in [-0.2, 0) is 11.3 Å². The van der Waals surface area contributed by atoms with Crippen molar-refractivity contribution in [1.29, 1.82) is 0 Å². The van der Waals surface area contributed by atoms with Crippen molar-refractivity contribution in [2.45, 2.75) is 42.1 Å². The Bertz CT molecular complexity index is 1480. The molecule has 0 saturated carbocycles. The van der Waals surface area contributed by atoms with Crippen molar-refractivity contribution in [2.24, 2.45) is 0 Å². The summed E-state index contributed by atoms with van der Waals surface area (Å²) in [5, 5.41) is 14.5. The predicted molar refractivity (Wildman–Crippen MR) is 167 cm³/mol. The molecule has 1 atom stereocenters. The maximum Gasteiger partial charge on any atom is 0.298 e. The normalized spacial score (nSPS) is 14.2. The number of nitrogens with one attached hydrogen (secondary N) is 1. The average molecular weight is 608 g/mol. The van der Waals surface area contributed by atoms with Crippen molar-refractivity contribution in [2.75, 3.05) is 52.7 Å². The molecule has 1 fully saturated rings. The third-order valence-electron chi connectivity index (χ3n) is 6.75. The summed E-state index contributed by atoms with van der Waals surface area (Å²) in [7, 11) is 5.58. The Hall–Kier alpha value is -3.56. The van der Waals surface area contributed by atoms with Crippen LogP contribution in [0.4, 0.5) is 5.13 Å². The molecule has 42 heavy (non-hydrogen) atoms. The Morgan fingerprint density at radius 2 is 1.95 bits per heavy atom. The Labute approximate surface area is 255 Å². The number of aliphatic hydroxyl groups excluding tert-OH is 1. The molecule has 1 saturated heterocycles. The minimum Gasteiger partial charge on any atom is -0.496 e. The molecule has 1 aliphatic heterocycles. The number of methoxy groups -OCH3 is 1. The zero-order valence-corrected chi connectivity index (χ0v) is 26.3. The maximum atomic E-state index is 13.6. The second-order valence-electron chi connectivity index (χ2n) is 10.2. The number of ether oxygens (including phenoxy) is 1. The van der Waals surface area contributed by atoms with Gasteiger partial charge in [0.25, 0.3) is 11.8 Å². The summed E-state index contributed by atoms with van der Waals surface area (Å²) in [6.45, 7) is 6.40. The first kappa shape index (κ1) is 31.4. The lowest BCUT2D eigenvalue weighted by molar-refractivity contribution is -0.125. The van der Waals surface area contributed by atoms with Crippen LogP contribution in [0.3, 0.4) is 0 Å². The largest absolute Gasteiger partial charge is 0.496 e. The van der Waals surface area contributed by atoms with Gasteiger partial charge in [0.15, 0.2) is 11.4 Å². The van der Waals surface area contributed by atoms with Gasteiger partial charge >= 0.3 is 0 Å². The molecule has 4 rings (SSSR count). The predicted octanol–water partition coefficient (Wildman–Crippen LogP) is 4.47. The molecular weight excluding hydrogens is 571 g/mol. The Kier molecular flexibility index (Phi) is 10.9. The number of aliphatic hydroxyl groups is 1. The lowest BCUT2D eigenvalue weighted by Crippen LogP contribution is -2.37. The minimum atomic E-state index is -0.892. The number of aryl methyl sites for hydroxylation is 1. The van der Waals surface area contributed by atoms with Gasteiger partial charge in [0.05, 0.1) is 23.1 Å². The van der Waals surface area contributed by atoms with Crippen molar-refractivity contribution >= 4 is 40.0 Å². The summed E-state index contributed by atoms with van der Waals surface area (Å²) < 4.78 is 6.51. The second-order valence-corrected chi connectivity index (χ2v) is 12.6. The van der Waals surface area contributed by atoms with E-state index in [9.17, 15) is 14.7 Å². The molecule has 9 nitrogen and oxygen atoms in total. The van der Waals surface area contributed by atoms with Crippen molar-refractivity contribution in [3.8, 4) is 17.6 Å². The fourth-order valence-corrected chi connectivity index (χ4v) is 6.66. The van der Waals surface area contributed by atoms with E-state index in [2.05, 4.69) is 27.0 Å². The van der Waals surface area contributed by atoms with Crippen LogP contribution in [-0.4, -0.2) is 84.0 Å². The summed E-state index contributed by atoms with van der Waals surface area (Å²) in [4.78, 5) is 36.8. The van der Waals surface area contributed by atoms with E-state index < -0.39 is 6.23 Å². The molecule has 1 aliphatic rings. The van der Waals surface area contributed by atoms with Gasteiger partial charge in [0.2, 0.25) is 0 Å². The molecule has 1 aromatic heterocycles. The number of benzene rings is 2. The number of anilines is 1. The van der Waals surface area contributed by atoms with Crippen molar-refractivity contribution in [3.05, 3.63) is 64.8 Å². The van der Waals surface area contributed by atoms with Crippen LogP contribution in [0.15, 0.2) is 51.7 Å². The smallest absolute Gasteiger partial charge is 0.298 e. The highest BCUT2D eigenvalue weighted by Gasteiger charge is 2.25. The van der Waals surface area contributed by atoms with Crippen LogP contribution >= 0.6 is 23.1 Å². The van der Waals surface area contributed by atoms with E-state index in [1.165, 1.54) is 23.1 Å². The third-order valence-corrected chi connectivity index (χ3v) is 8.94. The van der Waals surface area contributed by atoms with E-state index >= 15 is 0 Å². The number of amides is 2. The van der Waals surface area contributed by atoms with Gasteiger partial charge in [-0.05, 0) is 63.5 Å². The van der Waals surface area contributed by atoms with Crippen LogP contribution in [0, 0.1) is 18.8 Å². The molecule has 11 heteroatoms. The van der Waals surface area contributed by atoms with Crippen LogP contribution < -0.4 is 10.1 Å². The lowest BCUT2D eigenvalue weighted by Gasteiger charge is -2.23. The van der Waals surface area contributed by atoms with Gasteiger partial charge in [-0.25, -0.2) is 4.98 Å². The van der Waals surface area contributed by atoms with E-state index in [0.717, 1.165) is 32.3 Å². The van der Waals surface area contributed by atoms with Crippen LogP contribution in [0.5, 0.6) is 5.75 Å². The topological polar surface area (TPSA) is 98.2 Å². The molecule has 0 radical (unpaired) electrons. The molecule has 0 aliphatic carbocycles. The first-order valence-corrected chi connectivity index (χ1v) is 15.3. The molecule has 0 bridgehead atoms. The average Bonchev–Trinajstić information content (AvgIpc) is 3.24. The minimum absolute atomic E-state index is 0.129. The summed E-state index contributed by atoms with van der Waals surface area (Å²) in [6.07, 6.45) is 1.55. The van der Waals surface area contributed by atoms with Crippen molar-refractivity contribution < 1.29 is 19.4 Å². The quantitative estimate of drug-likeness (QED) is 0.272. The van der Waals surface area contributed by atoms with Gasteiger partial charge in [-0.1, -0.05) is 53.3 Å². The molecule has 2 heterocycles. The number of hydrogen-bond donors (Lipinski definition) is 2. The van der Waals surface area contributed by atoms with Crippen molar-refractivity contribution in [3.63, 3.8) is 0 Å². The second kappa shape index (κ2) is 14.6. The van der Waals surface area contributed by atoms with Gasteiger partial charge in [0.1, 0.15) is 5.75 Å². The van der Waals surface area contributed by atoms with E-state index in [-0.39, 0.29) is 11.8 Å². The number of rotatable bonds is 9. The van der Waals surface area contributed by atoms with E-state index in [4.69, 9.17) is 4.74 Å². The first-order valence-electron chi connectivity index (χ1n) is 13.7. The highest BCUT2D eigenvalue weighted by Crippen LogP contribution is 2.39. The fourth-order valence-electron chi connectivity index (χ4n) is 4.70. The Morgan fingerprint density at radius 1 is 1.19 bits per heavy atom. The standard InChI is InChI=1S/C31H37N5O4S2/c1-6-9-27(37)35-12-8-13-36(15-14-35)30(39)24-18-26(21(2)16-25(24)40-5)41-28-19-32-31(42-28)33-29(38)23-11-7-10-22(17-23)20-34(3)4/h7,10-11,16-19,29,38H,8,12-15,20H2,1-5H3,(H,32,33). The van der Waals surface area contributed by atoms with E-state index in [0.29, 0.717) is 49.0 Å². The number of aromatic nitrogens is 1. The van der Waals surface area contributed by atoms with Gasteiger partial charge in [-0.15, -0.1) is 0 Å². The lowest BCUT2D eigenvalue weighted by atomic mass is 10.1. The molecule has 3 aromatic rings. The zero-order chi connectivity index (χ0) is 30.2. The molecule has 222 valence electrons. The van der Waals surface area contributed by atoms with Gasteiger partial charge in [-0.2, -0.15) is 0 Å². The maximum absolute atomic E-state index is 13.6. The summed E-state index contributed by atoms with van der Waals surface area (Å²) >= 11 is 2.95. The number of carbonyl (C=O) groups excluding carboxylic acids is 2. The van der Waals surface area contributed by atoms with Crippen LogP contribution in [0.25, 0.3) is 0 Å². The van der Waals surface area contributed by atoms with Gasteiger partial charge < -0.3 is 29.9 Å². The summed E-state index contributed by atoms with van der Waals surface area (Å²) in [5.74, 6) is 5.42. The van der Waals surface area contributed by atoms with Crippen LogP contribution in [0.2, 0.25) is 0 Å². The van der Waals surface area contributed by atoms with Crippen molar-refractivity contribution in [1.82, 2.24) is 19.7 Å². The summed E-state index contributed by atoms with van der Waals surface area (Å²) in [5.41, 5.74) is 3.34. The Morgan fingerprint density at radius 3 is 2.69 bits per heavy atom. The molecule has 1 unspecified atom stereocenters. The molecule has 0 spiro atoms. The highest BCUT2D eigenvalue weighted by atomic mass is 32.2. The SMILES string of the molecule is CC#CC(=O)N1CCCN(C(=O)c2cc(Sc3cnc(NC(O)c4cccc(CN(C)C)c4)s3)c(C)cc2OC)CC1. The highest BCUT2D eigenvalue weighted by molar-refractivity contribution is 8.01. The van der Waals surface area contributed by atoms with E-state index in [1.54, 1.807) is 30.0 Å². The third kappa shape index (κ3) is 8.04. The Balaban J connectivity index is 1.46. The zero-order valence-electron chi connectivity index (χ0n) is 24.6. The van der Waals surface area contributed by atoms with Crippen LogP contribution in [0.1, 0.15) is 46.6 Å². The number of carbonyl (C=O) groups is 2. The van der Waals surface area contributed by atoms with Gasteiger partial charge in [-0.3, -0.25) is 9.59 Å². The molecule has 2 N–H and O–H groups in total. The van der Waals surface area contributed by atoms with Gasteiger partial charge in [0, 0.05) is 43.2 Å². The monoisotopic (exact) mass is 607 g/mol. The molecule has 2 aromatic carbocycles. The van der Waals surface area contributed by atoms with E-state index in [1.807, 2.05) is 57.4 Å². The number of thiazole rings is 1. The first-order chi connectivity index (χ1) is 20.2.